The molecule has 0 heterocycles. The van der Waals surface area contributed by atoms with Gasteiger partial charge < -0.3 is 20.9 Å². The average molecular weight is 535 g/mol. The molecule has 0 aromatic heterocycles. The zero-order valence-electron chi connectivity index (χ0n) is 24.1. The standard InChI is InChI=1S/C36H42N2O2/c1-4-5-6-27-19-21-36(22-20-27,34-17-15-32(23-25(34)2)39-30-11-7-28(37)8-12-30)35-18-16-33(24-26(35)3)40-31-13-9-29(38)10-14-31/h7-18,23-24,27H,4-6,19-22,37-38H2,1-3H3. The van der Waals surface area contributed by atoms with Crippen molar-refractivity contribution in [3.05, 3.63) is 107 Å². The molecule has 4 nitrogen and oxygen atoms in total. The van der Waals surface area contributed by atoms with Gasteiger partial charge in [0.2, 0.25) is 0 Å². The molecule has 1 aliphatic rings. The molecule has 0 radical (unpaired) electrons. The highest BCUT2D eigenvalue weighted by Crippen LogP contribution is 2.50. The average Bonchev–Trinajstić information content (AvgIpc) is 2.95. The number of benzene rings is 4. The molecule has 208 valence electrons. The Morgan fingerprint density at radius 1 is 0.650 bits per heavy atom. The third-order valence-corrected chi connectivity index (χ3v) is 8.58. The van der Waals surface area contributed by atoms with E-state index in [1.165, 1.54) is 54.4 Å². The number of anilines is 2. The fourth-order valence-electron chi connectivity index (χ4n) is 6.45. The summed E-state index contributed by atoms with van der Waals surface area (Å²) in [6.45, 7) is 6.75. The van der Waals surface area contributed by atoms with Gasteiger partial charge in [-0.05, 0) is 140 Å². The second-order valence-corrected chi connectivity index (χ2v) is 11.5. The minimum Gasteiger partial charge on any atom is -0.457 e. The first-order valence-corrected chi connectivity index (χ1v) is 14.7. The Morgan fingerprint density at radius 2 is 1.07 bits per heavy atom. The fourth-order valence-corrected chi connectivity index (χ4v) is 6.45. The molecule has 40 heavy (non-hydrogen) atoms. The van der Waals surface area contributed by atoms with Crippen LogP contribution in [0.25, 0.3) is 0 Å². The summed E-state index contributed by atoms with van der Waals surface area (Å²) in [7, 11) is 0. The lowest BCUT2D eigenvalue weighted by Gasteiger charge is -2.43. The van der Waals surface area contributed by atoms with Crippen LogP contribution in [0, 0.1) is 19.8 Å². The van der Waals surface area contributed by atoms with Gasteiger partial charge in [-0.25, -0.2) is 0 Å². The number of ether oxygens (including phenoxy) is 2. The predicted octanol–water partition coefficient (Wildman–Crippen LogP) is 9.72. The molecule has 4 aromatic rings. The molecule has 0 bridgehead atoms. The van der Waals surface area contributed by atoms with Crippen LogP contribution in [0.2, 0.25) is 0 Å². The van der Waals surface area contributed by atoms with E-state index in [0.717, 1.165) is 53.1 Å². The number of hydrogen-bond acceptors (Lipinski definition) is 4. The maximum absolute atomic E-state index is 6.18. The predicted molar refractivity (Wildman–Crippen MR) is 166 cm³/mol. The van der Waals surface area contributed by atoms with Gasteiger partial charge in [0, 0.05) is 16.8 Å². The largest absolute Gasteiger partial charge is 0.457 e. The van der Waals surface area contributed by atoms with Crippen molar-refractivity contribution in [1.82, 2.24) is 0 Å². The van der Waals surface area contributed by atoms with Crippen molar-refractivity contribution in [2.45, 2.75) is 71.1 Å². The molecular formula is C36H42N2O2. The summed E-state index contributed by atoms with van der Waals surface area (Å²) in [6, 6.07) is 28.3. The number of nitrogen functional groups attached to an aromatic ring is 2. The zero-order valence-corrected chi connectivity index (χ0v) is 24.1. The van der Waals surface area contributed by atoms with Crippen molar-refractivity contribution in [2.75, 3.05) is 11.5 Å². The van der Waals surface area contributed by atoms with Crippen molar-refractivity contribution in [1.29, 1.82) is 0 Å². The van der Waals surface area contributed by atoms with Crippen LogP contribution in [-0.4, -0.2) is 0 Å². The molecule has 0 spiro atoms. The number of rotatable bonds is 9. The van der Waals surface area contributed by atoms with Gasteiger partial charge >= 0.3 is 0 Å². The quantitative estimate of drug-likeness (QED) is 0.210. The van der Waals surface area contributed by atoms with Crippen molar-refractivity contribution < 1.29 is 9.47 Å². The van der Waals surface area contributed by atoms with Crippen molar-refractivity contribution in [3.8, 4) is 23.0 Å². The lowest BCUT2D eigenvalue weighted by atomic mass is 9.61. The molecule has 1 saturated carbocycles. The molecule has 0 aliphatic heterocycles. The minimum absolute atomic E-state index is 0.0314. The molecule has 0 atom stereocenters. The monoisotopic (exact) mass is 534 g/mol. The molecule has 1 fully saturated rings. The van der Waals surface area contributed by atoms with Gasteiger partial charge in [0.25, 0.3) is 0 Å². The van der Waals surface area contributed by atoms with E-state index in [2.05, 4.69) is 57.2 Å². The third kappa shape index (κ3) is 6.12. The number of hydrogen-bond donors (Lipinski definition) is 2. The highest BCUT2D eigenvalue weighted by Gasteiger charge is 2.40. The topological polar surface area (TPSA) is 70.5 Å². The molecular weight excluding hydrogens is 492 g/mol. The van der Waals surface area contributed by atoms with Gasteiger partial charge in [0.05, 0.1) is 0 Å². The zero-order chi connectivity index (χ0) is 28.1. The highest BCUT2D eigenvalue weighted by molar-refractivity contribution is 5.52. The number of unbranched alkanes of at least 4 members (excludes halogenated alkanes) is 1. The van der Waals surface area contributed by atoms with Gasteiger partial charge in [-0.3, -0.25) is 0 Å². The summed E-state index contributed by atoms with van der Waals surface area (Å²) in [5.41, 5.74) is 18.5. The maximum atomic E-state index is 6.18. The van der Waals surface area contributed by atoms with Crippen LogP contribution < -0.4 is 20.9 Å². The second kappa shape index (κ2) is 12.1. The van der Waals surface area contributed by atoms with E-state index in [0.29, 0.717) is 0 Å². The summed E-state index contributed by atoms with van der Waals surface area (Å²) in [5.74, 6) is 4.10. The van der Waals surface area contributed by atoms with Gasteiger partial charge in [-0.15, -0.1) is 0 Å². The molecule has 4 heteroatoms. The van der Waals surface area contributed by atoms with Gasteiger partial charge in [-0.1, -0.05) is 38.3 Å². The van der Waals surface area contributed by atoms with Crippen LogP contribution in [0.5, 0.6) is 23.0 Å². The summed E-state index contributed by atoms with van der Waals surface area (Å²) < 4.78 is 12.4. The molecule has 0 saturated heterocycles. The van der Waals surface area contributed by atoms with Gasteiger partial charge in [-0.2, -0.15) is 0 Å². The Hall–Kier alpha value is -3.92. The van der Waals surface area contributed by atoms with Crippen LogP contribution in [0.3, 0.4) is 0 Å². The van der Waals surface area contributed by atoms with Crippen molar-refractivity contribution >= 4 is 11.4 Å². The summed E-state index contributed by atoms with van der Waals surface area (Å²) in [5, 5.41) is 0. The summed E-state index contributed by atoms with van der Waals surface area (Å²) in [4.78, 5) is 0. The summed E-state index contributed by atoms with van der Waals surface area (Å²) in [6.07, 6.45) is 8.75. The van der Waals surface area contributed by atoms with Crippen LogP contribution in [0.4, 0.5) is 11.4 Å². The lowest BCUT2D eigenvalue weighted by Crippen LogP contribution is -2.34. The molecule has 1 aliphatic carbocycles. The van der Waals surface area contributed by atoms with E-state index in [1.54, 1.807) is 0 Å². The van der Waals surface area contributed by atoms with Gasteiger partial charge in [0.15, 0.2) is 0 Å². The van der Waals surface area contributed by atoms with Crippen molar-refractivity contribution in [3.63, 3.8) is 0 Å². The summed E-state index contributed by atoms with van der Waals surface area (Å²) >= 11 is 0. The fraction of sp³-hybridized carbons (Fsp3) is 0.333. The molecule has 0 amide bonds. The van der Waals surface area contributed by atoms with E-state index in [9.17, 15) is 0 Å². The Kier molecular flexibility index (Phi) is 8.35. The Balaban J connectivity index is 1.46. The van der Waals surface area contributed by atoms with Gasteiger partial charge in [0.1, 0.15) is 23.0 Å². The first kappa shape index (κ1) is 27.6. The number of aryl methyl sites for hydroxylation is 2. The molecule has 5 rings (SSSR count). The Morgan fingerprint density at radius 3 is 1.48 bits per heavy atom. The van der Waals surface area contributed by atoms with E-state index >= 15 is 0 Å². The SMILES string of the molecule is CCCCC1CCC(c2ccc(Oc3ccc(N)cc3)cc2C)(c2ccc(Oc3ccc(N)cc3)cc2C)CC1. The third-order valence-electron chi connectivity index (χ3n) is 8.58. The van der Waals surface area contributed by atoms with Crippen LogP contribution in [0.1, 0.15) is 74.1 Å². The first-order chi connectivity index (χ1) is 19.4. The van der Waals surface area contributed by atoms with Crippen molar-refractivity contribution in [2.24, 2.45) is 5.92 Å². The molecule has 4 aromatic carbocycles. The Bertz CT molecular complexity index is 1320. The smallest absolute Gasteiger partial charge is 0.127 e. The van der Waals surface area contributed by atoms with Crippen LogP contribution in [0.15, 0.2) is 84.9 Å². The molecule has 0 unspecified atom stereocenters. The second-order valence-electron chi connectivity index (χ2n) is 11.5. The van der Waals surface area contributed by atoms with E-state index in [-0.39, 0.29) is 5.41 Å². The number of nitrogens with two attached hydrogens (primary N) is 2. The van der Waals surface area contributed by atoms with E-state index in [4.69, 9.17) is 20.9 Å². The Labute approximate surface area is 239 Å². The molecule has 4 N–H and O–H groups in total. The normalized spacial score (nSPS) is 15.1. The first-order valence-electron chi connectivity index (χ1n) is 14.7. The maximum Gasteiger partial charge on any atom is 0.127 e. The lowest BCUT2D eigenvalue weighted by molar-refractivity contribution is 0.250. The van der Waals surface area contributed by atoms with Crippen LogP contribution in [-0.2, 0) is 5.41 Å². The highest BCUT2D eigenvalue weighted by atomic mass is 16.5. The van der Waals surface area contributed by atoms with E-state index < -0.39 is 0 Å². The minimum atomic E-state index is -0.0314. The van der Waals surface area contributed by atoms with Crippen LogP contribution >= 0.6 is 0 Å². The van der Waals surface area contributed by atoms with E-state index in [1.807, 2.05) is 48.5 Å².